The van der Waals surface area contributed by atoms with Crippen LogP contribution in [0.1, 0.15) is 20.8 Å². The van der Waals surface area contributed by atoms with Crippen molar-refractivity contribution in [3.8, 4) is 0 Å². The van der Waals surface area contributed by atoms with Gasteiger partial charge in [-0.15, -0.1) is 0 Å². The van der Waals surface area contributed by atoms with Crippen LogP contribution in [0.3, 0.4) is 0 Å². The number of carbonyl (C=O) groups excluding carboxylic acids is 1. The Morgan fingerprint density at radius 2 is 2.04 bits per heavy atom. The van der Waals surface area contributed by atoms with Gasteiger partial charge in [0.1, 0.15) is 17.4 Å². The van der Waals surface area contributed by atoms with Crippen LogP contribution in [0.15, 0.2) is 35.0 Å². The van der Waals surface area contributed by atoms with E-state index in [1.807, 2.05) is 45.0 Å². The summed E-state index contributed by atoms with van der Waals surface area (Å²) in [6, 6.07) is 7.70. The number of para-hydroxylation sites is 1. The molecule has 3 aromatic rings. The van der Waals surface area contributed by atoms with Gasteiger partial charge in [0.15, 0.2) is 11.4 Å². The molecule has 6 heteroatoms. The lowest BCUT2D eigenvalue weighted by atomic mass is 10.2. The van der Waals surface area contributed by atoms with Crippen molar-refractivity contribution in [3.63, 3.8) is 0 Å². The third-order valence-corrected chi connectivity index (χ3v) is 3.49. The first kappa shape index (κ1) is 15.3. The van der Waals surface area contributed by atoms with Crippen molar-refractivity contribution >= 4 is 33.9 Å². The molecule has 0 saturated carbocycles. The molecule has 2 aromatic heterocycles. The molecule has 0 bridgehead atoms. The Labute approximate surface area is 133 Å². The fraction of sp³-hybridized carbons (Fsp3) is 0.353. The Morgan fingerprint density at radius 1 is 1.26 bits per heavy atom. The summed E-state index contributed by atoms with van der Waals surface area (Å²) >= 11 is 0. The highest BCUT2D eigenvalue weighted by Gasteiger charge is 2.18. The molecule has 1 unspecified atom stereocenters. The summed E-state index contributed by atoms with van der Waals surface area (Å²) in [4.78, 5) is 20.4. The molecular weight excluding hydrogens is 294 g/mol. The van der Waals surface area contributed by atoms with E-state index in [1.165, 1.54) is 6.33 Å². The molecule has 0 radical (unpaired) electrons. The summed E-state index contributed by atoms with van der Waals surface area (Å²) in [6.07, 6.45) is 1.37. The highest BCUT2D eigenvalue weighted by atomic mass is 16.5. The number of furan rings is 1. The average molecular weight is 313 g/mol. The summed E-state index contributed by atoms with van der Waals surface area (Å²) in [5.74, 6) is 0.0598. The number of carbonyl (C=O) groups is 1. The zero-order valence-electron chi connectivity index (χ0n) is 13.4. The van der Waals surface area contributed by atoms with E-state index in [-0.39, 0.29) is 18.0 Å². The van der Waals surface area contributed by atoms with Gasteiger partial charge in [0.2, 0.25) is 0 Å². The van der Waals surface area contributed by atoms with Gasteiger partial charge >= 0.3 is 5.97 Å². The number of nitrogens with one attached hydrogen (secondary N) is 1. The molecule has 23 heavy (non-hydrogen) atoms. The van der Waals surface area contributed by atoms with Crippen molar-refractivity contribution in [1.29, 1.82) is 0 Å². The number of hydrogen-bond acceptors (Lipinski definition) is 6. The van der Waals surface area contributed by atoms with Crippen LogP contribution in [-0.4, -0.2) is 28.6 Å². The number of benzene rings is 1. The van der Waals surface area contributed by atoms with Crippen LogP contribution in [0.5, 0.6) is 0 Å². The van der Waals surface area contributed by atoms with Gasteiger partial charge in [0.05, 0.1) is 12.0 Å². The fourth-order valence-electron chi connectivity index (χ4n) is 2.33. The zero-order chi connectivity index (χ0) is 16.4. The van der Waals surface area contributed by atoms with Gasteiger partial charge in [-0.1, -0.05) is 19.1 Å². The first-order chi connectivity index (χ1) is 11.1. The molecule has 0 aliphatic heterocycles. The summed E-state index contributed by atoms with van der Waals surface area (Å²) in [6.45, 7) is 5.89. The Morgan fingerprint density at radius 3 is 2.83 bits per heavy atom. The summed E-state index contributed by atoms with van der Waals surface area (Å²) in [7, 11) is 0. The molecule has 120 valence electrons. The summed E-state index contributed by atoms with van der Waals surface area (Å²) < 4.78 is 11.0. The first-order valence-corrected chi connectivity index (χ1v) is 7.63. The summed E-state index contributed by atoms with van der Waals surface area (Å²) in [5, 5.41) is 4.10. The van der Waals surface area contributed by atoms with E-state index in [2.05, 4.69) is 15.3 Å². The Bertz CT molecular complexity index is 841. The Hall–Kier alpha value is -2.63. The number of ether oxygens (including phenoxy) is 1. The lowest BCUT2D eigenvalue weighted by Crippen LogP contribution is -2.25. The lowest BCUT2D eigenvalue weighted by molar-refractivity contribution is -0.151. The van der Waals surface area contributed by atoms with E-state index in [0.29, 0.717) is 17.9 Å². The van der Waals surface area contributed by atoms with E-state index in [4.69, 9.17) is 9.15 Å². The van der Waals surface area contributed by atoms with E-state index < -0.39 is 0 Å². The molecule has 0 aliphatic rings. The van der Waals surface area contributed by atoms with Crippen molar-refractivity contribution < 1.29 is 13.9 Å². The van der Waals surface area contributed by atoms with Gasteiger partial charge in [-0.05, 0) is 26.0 Å². The smallest absolute Gasteiger partial charge is 0.310 e. The molecule has 0 spiro atoms. The second kappa shape index (κ2) is 6.24. The Kier molecular flexibility index (Phi) is 4.14. The molecule has 1 aromatic carbocycles. The number of aromatic nitrogens is 2. The standard InChI is InChI=1S/C17H19N3O3/c1-10(2)22-17(21)11(3)8-18-16-15-14(19-9-20-16)12-6-4-5-7-13(12)23-15/h4-7,9-11H,8H2,1-3H3,(H,18,19,20). The predicted molar refractivity (Wildman–Crippen MR) is 88.2 cm³/mol. The number of hydrogen-bond donors (Lipinski definition) is 1. The van der Waals surface area contributed by atoms with Gasteiger partial charge < -0.3 is 14.5 Å². The average Bonchev–Trinajstić information content (AvgIpc) is 2.91. The molecule has 0 fully saturated rings. The highest BCUT2D eigenvalue weighted by Crippen LogP contribution is 2.30. The molecule has 1 N–H and O–H groups in total. The summed E-state index contributed by atoms with van der Waals surface area (Å²) in [5.41, 5.74) is 2.12. The molecular formula is C17H19N3O3. The van der Waals surface area contributed by atoms with Gasteiger partial charge in [0.25, 0.3) is 0 Å². The number of nitrogens with zero attached hydrogens (tertiary/aromatic N) is 2. The van der Waals surface area contributed by atoms with Crippen LogP contribution in [-0.2, 0) is 9.53 Å². The van der Waals surface area contributed by atoms with E-state index in [0.717, 1.165) is 16.5 Å². The normalized spacial score (nSPS) is 12.7. The van der Waals surface area contributed by atoms with Crippen molar-refractivity contribution in [2.75, 3.05) is 11.9 Å². The van der Waals surface area contributed by atoms with Gasteiger partial charge in [-0.2, -0.15) is 0 Å². The molecule has 3 rings (SSSR count). The van der Waals surface area contributed by atoms with Crippen molar-refractivity contribution in [2.24, 2.45) is 5.92 Å². The van der Waals surface area contributed by atoms with Crippen LogP contribution in [0.25, 0.3) is 22.1 Å². The van der Waals surface area contributed by atoms with E-state index >= 15 is 0 Å². The predicted octanol–water partition coefficient (Wildman–Crippen LogP) is 3.38. The maximum Gasteiger partial charge on any atom is 0.310 e. The largest absolute Gasteiger partial charge is 0.463 e. The first-order valence-electron chi connectivity index (χ1n) is 7.63. The fourth-order valence-corrected chi connectivity index (χ4v) is 2.33. The highest BCUT2D eigenvalue weighted by molar-refractivity contribution is 6.05. The second-order valence-electron chi connectivity index (χ2n) is 5.77. The van der Waals surface area contributed by atoms with Crippen LogP contribution in [0.2, 0.25) is 0 Å². The van der Waals surface area contributed by atoms with Crippen LogP contribution >= 0.6 is 0 Å². The van der Waals surface area contributed by atoms with Gasteiger partial charge in [-0.25, -0.2) is 9.97 Å². The van der Waals surface area contributed by atoms with Gasteiger partial charge in [0, 0.05) is 11.9 Å². The monoisotopic (exact) mass is 313 g/mol. The quantitative estimate of drug-likeness (QED) is 0.728. The lowest BCUT2D eigenvalue weighted by Gasteiger charge is -2.14. The Balaban J connectivity index is 1.82. The van der Waals surface area contributed by atoms with E-state index in [9.17, 15) is 4.79 Å². The number of rotatable bonds is 5. The van der Waals surface area contributed by atoms with Gasteiger partial charge in [-0.3, -0.25) is 4.79 Å². The SMILES string of the molecule is CC(C)OC(=O)C(C)CNc1ncnc2c1oc1ccccc12. The minimum absolute atomic E-state index is 0.119. The van der Waals surface area contributed by atoms with Crippen LogP contribution < -0.4 is 5.32 Å². The zero-order valence-corrected chi connectivity index (χ0v) is 13.4. The van der Waals surface area contributed by atoms with Crippen molar-refractivity contribution in [1.82, 2.24) is 9.97 Å². The number of anilines is 1. The number of fused-ring (bicyclic) bond motifs is 3. The van der Waals surface area contributed by atoms with Crippen molar-refractivity contribution in [3.05, 3.63) is 30.6 Å². The topological polar surface area (TPSA) is 77.2 Å². The molecule has 0 saturated heterocycles. The maximum atomic E-state index is 11.9. The third kappa shape index (κ3) is 3.11. The minimum atomic E-state index is -0.285. The number of esters is 1. The second-order valence-corrected chi connectivity index (χ2v) is 5.77. The molecule has 1 atom stereocenters. The van der Waals surface area contributed by atoms with Crippen LogP contribution in [0, 0.1) is 5.92 Å². The maximum absolute atomic E-state index is 11.9. The molecule has 6 nitrogen and oxygen atoms in total. The molecule has 0 amide bonds. The minimum Gasteiger partial charge on any atom is -0.463 e. The van der Waals surface area contributed by atoms with E-state index in [1.54, 1.807) is 0 Å². The molecule has 2 heterocycles. The molecule has 0 aliphatic carbocycles. The van der Waals surface area contributed by atoms with Crippen LogP contribution in [0.4, 0.5) is 5.82 Å². The third-order valence-electron chi connectivity index (χ3n) is 3.49. The van der Waals surface area contributed by atoms with Crippen molar-refractivity contribution in [2.45, 2.75) is 26.9 Å².